The Hall–Kier alpha value is -3.48. The van der Waals surface area contributed by atoms with Gasteiger partial charge in [0, 0.05) is 19.0 Å². The highest BCUT2D eigenvalue weighted by Crippen LogP contribution is 2.25. The first-order valence-electron chi connectivity index (χ1n) is 8.14. The molecule has 0 aliphatic carbocycles. The predicted molar refractivity (Wildman–Crippen MR) is 94.0 cm³/mol. The van der Waals surface area contributed by atoms with Crippen molar-refractivity contribution in [1.82, 2.24) is 14.6 Å². The van der Waals surface area contributed by atoms with E-state index in [2.05, 4.69) is 15.5 Å². The molecule has 0 aliphatic heterocycles. The maximum absolute atomic E-state index is 13.8. The fraction of sp³-hybridized carbons (Fsp3) is 0.105. The van der Waals surface area contributed by atoms with Gasteiger partial charge in [0.2, 0.25) is 11.9 Å². The molecule has 0 fully saturated rings. The number of fused-ring (bicyclic) bond motifs is 1. The average Bonchev–Trinajstić information content (AvgIpc) is 3.28. The van der Waals surface area contributed by atoms with Crippen molar-refractivity contribution in [2.45, 2.75) is 12.8 Å². The number of furan rings is 1. The van der Waals surface area contributed by atoms with Crippen molar-refractivity contribution in [2.75, 3.05) is 5.32 Å². The molecule has 1 amide bonds. The van der Waals surface area contributed by atoms with E-state index in [1.165, 1.54) is 6.07 Å². The van der Waals surface area contributed by atoms with Crippen LogP contribution in [0.1, 0.15) is 12.2 Å². The standard InChI is InChI=1S/C19H15FN4O2/c20-15-6-2-1-5-14(15)16-10-8-13(26-16)9-11-18(25)21-19-23-22-17-7-3-4-12-24(17)19/h1-8,10,12H,9,11H2,(H,21,23,25). The first-order chi connectivity index (χ1) is 12.7. The molecule has 0 bridgehead atoms. The molecule has 0 saturated carbocycles. The van der Waals surface area contributed by atoms with Gasteiger partial charge in [-0.1, -0.05) is 18.2 Å². The lowest BCUT2D eigenvalue weighted by molar-refractivity contribution is -0.116. The van der Waals surface area contributed by atoms with E-state index in [1.54, 1.807) is 47.0 Å². The third kappa shape index (κ3) is 3.19. The molecule has 0 atom stereocenters. The molecule has 0 radical (unpaired) electrons. The predicted octanol–water partition coefficient (Wildman–Crippen LogP) is 3.70. The summed E-state index contributed by atoms with van der Waals surface area (Å²) in [5.74, 6) is 0.889. The zero-order chi connectivity index (χ0) is 17.9. The Kier molecular flexibility index (Phi) is 4.18. The van der Waals surface area contributed by atoms with E-state index in [4.69, 9.17) is 4.42 Å². The molecule has 4 aromatic rings. The largest absolute Gasteiger partial charge is 0.461 e. The van der Waals surface area contributed by atoms with E-state index in [1.807, 2.05) is 12.1 Å². The van der Waals surface area contributed by atoms with Gasteiger partial charge in [-0.25, -0.2) is 4.39 Å². The van der Waals surface area contributed by atoms with Gasteiger partial charge in [-0.3, -0.25) is 14.5 Å². The van der Waals surface area contributed by atoms with Crippen LogP contribution in [0.15, 0.2) is 65.2 Å². The van der Waals surface area contributed by atoms with Crippen LogP contribution >= 0.6 is 0 Å². The third-order valence-corrected chi connectivity index (χ3v) is 3.96. The molecule has 7 heteroatoms. The number of aryl methyl sites for hydroxylation is 1. The molecule has 3 heterocycles. The zero-order valence-electron chi connectivity index (χ0n) is 13.7. The molecular formula is C19H15FN4O2. The van der Waals surface area contributed by atoms with E-state index in [0.29, 0.717) is 35.1 Å². The molecule has 130 valence electrons. The summed E-state index contributed by atoms with van der Waals surface area (Å²) in [6.45, 7) is 0. The second-order valence-electron chi connectivity index (χ2n) is 5.75. The van der Waals surface area contributed by atoms with Crippen LogP contribution in [-0.2, 0) is 11.2 Å². The molecule has 26 heavy (non-hydrogen) atoms. The highest BCUT2D eigenvalue weighted by molar-refractivity contribution is 5.89. The van der Waals surface area contributed by atoms with Crippen LogP contribution in [0.25, 0.3) is 17.0 Å². The van der Waals surface area contributed by atoms with Gasteiger partial charge in [0.15, 0.2) is 5.65 Å². The van der Waals surface area contributed by atoms with E-state index in [0.717, 1.165) is 0 Å². The first kappa shape index (κ1) is 16.0. The lowest BCUT2D eigenvalue weighted by atomic mass is 10.1. The SMILES string of the molecule is O=C(CCc1ccc(-c2ccccc2F)o1)Nc1nnc2ccccn12. The van der Waals surface area contributed by atoms with Crippen LogP contribution in [0.5, 0.6) is 0 Å². The van der Waals surface area contributed by atoms with Crippen molar-refractivity contribution in [3.8, 4) is 11.3 Å². The topological polar surface area (TPSA) is 72.4 Å². The van der Waals surface area contributed by atoms with Gasteiger partial charge in [-0.2, -0.15) is 0 Å². The number of nitrogens with one attached hydrogen (secondary N) is 1. The molecule has 1 N–H and O–H groups in total. The molecule has 6 nitrogen and oxygen atoms in total. The smallest absolute Gasteiger partial charge is 0.235 e. The minimum Gasteiger partial charge on any atom is -0.461 e. The quantitative estimate of drug-likeness (QED) is 0.596. The number of hydrogen-bond donors (Lipinski definition) is 1. The lowest BCUT2D eigenvalue weighted by Gasteiger charge is -2.02. The van der Waals surface area contributed by atoms with Crippen LogP contribution < -0.4 is 5.32 Å². The summed E-state index contributed by atoms with van der Waals surface area (Å²) in [6.07, 6.45) is 2.39. The number of carbonyl (C=O) groups excluding carboxylic acids is 1. The van der Waals surface area contributed by atoms with Gasteiger partial charge in [0.05, 0.1) is 5.56 Å². The van der Waals surface area contributed by atoms with Gasteiger partial charge < -0.3 is 4.42 Å². The summed E-state index contributed by atoms with van der Waals surface area (Å²) in [4.78, 5) is 12.2. The average molecular weight is 350 g/mol. The summed E-state index contributed by atoms with van der Waals surface area (Å²) in [5, 5.41) is 10.7. The van der Waals surface area contributed by atoms with Gasteiger partial charge in [-0.15, -0.1) is 10.2 Å². The molecule has 0 saturated heterocycles. The number of aromatic nitrogens is 3. The minimum absolute atomic E-state index is 0.202. The Balaban J connectivity index is 1.40. The maximum atomic E-state index is 13.8. The Labute approximate surface area is 148 Å². The number of pyridine rings is 1. The lowest BCUT2D eigenvalue weighted by Crippen LogP contribution is -2.14. The van der Waals surface area contributed by atoms with Gasteiger partial charge >= 0.3 is 0 Å². The number of rotatable bonds is 5. The number of halogens is 1. The fourth-order valence-corrected chi connectivity index (χ4v) is 2.67. The Morgan fingerprint density at radius 2 is 1.92 bits per heavy atom. The Morgan fingerprint density at radius 3 is 2.81 bits per heavy atom. The van der Waals surface area contributed by atoms with Crippen molar-refractivity contribution >= 4 is 17.5 Å². The Bertz CT molecular complexity index is 1070. The third-order valence-electron chi connectivity index (χ3n) is 3.96. The van der Waals surface area contributed by atoms with Crippen molar-refractivity contribution in [1.29, 1.82) is 0 Å². The summed E-state index contributed by atoms with van der Waals surface area (Å²) >= 11 is 0. The Morgan fingerprint density at radius 1 is 1.08 bits per heavy atom. The molecule has 3 aromatic heterocycles. The van der Waals surface area contributed by atoms with Crippen molar-refractivity contribution < 1.29 is 13.6 Å². The van der Waals surface area contributed by atoms with Gasteiger partial charge in [-0.05, 0) is 36.4 Å². The van der Waals surface area contributed by atoms with Crippen LogP contribution in [0.2, 0.25) is 0 Å². The number of amides is 1. The van der Waals surface area contributed by atoms with E-state index in [-0.39, 0.29) is 18.1 Å². The maximum Gasteiger partial charge on any atom is 0.235 e. The monoisotopic (exact) mass is 350 g/mol. The van der Waals surface area contributed by atoms with Crippen LogP contribution in [0, 0.1) is 5.82 Å². The molecule has 0 unspecified atom stereocenters. The summed E-state index contributed by atoms with van der Waals surface area (Å²) in [6, 6.07) is 15.3. The summed E-state index contributed by atoms with van der Waals surface area (Å²) < 4.78 is 21.1. The zero-order valence-corrected chi connectivity index (χ0v) is 13.7. The van der Waals surface area contributed by atoms with Crippen molar-refractivity contribution in [2.24, 2.45) is 0 Å². The van der Waals surface area contributed by atoms with Crippen molar-refractivity contribution in [3.63, 3.8) is 0 Å². The molecular weight excluding hydrogens is 335 g/mol. The number of anilines is 1. The fourth-order valence-electron chi connectivity index (χ4n) is 2.67. The second kappa shape index (κ2) is 6.79. The summed E-state index contributed by atoms with van der Waals surface area (Å²) in [5.41, 5.74) is 1.06. The number of benzene rings is 1. The second-order valence-corrected chi connectivity index (χ2v) is 5.75. The van der Waals surface area contributed by atoms with Gasteiger partial charge in [0.1, 0.15) is 17.3 Å². The van der Waals surface area contributed by atoms with Crippen molar-refractivity contribution in [3.05, 3.63) is 72.4 Å². The van der Waals surface area contributed by atoms with E-state index < -0.39 is 0 Å². The highest BCUT2D eigenvalue weighted by atomic mass is 19.1. The van der Waals surface area contributed by atoms with E-state index >= 15 is 0 Å². The first-order valence-corrected chi connectivity index (χ1v) is 8.14. The molecule has 4 rings (SSSR count). The van der Waals surface area contributed by atoms with Crippen LogP contribution in [0.4, 0.5) is 10.3 Å². The van der Waals surface area contributed by atoms with E-state index in [9.17, 15) is 9.18 Å². The molecule has 0 spiro atoms. The minimum atomic E-state index is -0.343. The molecule has 0 aliphatic rings. The number of hydrogen-bond acceptors (Lipinski definition) is 4. The van der Waals surface area contributed by atoms with Crippen LogP contribution in [-0.4, -0.2) is 20.5 Å². The normalized spacial score (nSPS) is 11.0. The summed E-state index contributed by atoms with van der Waals surface area (Å²) in [7, 11) is 0. The number of nitrogens with zero attached hydrogens (tertiary/aromatic N) is 3. The highest BCUT2D eigenvalue weighted by Gasteiger charge is 2.12. The molecule has 1 aromatic carbocycles. The number of carbonyl (C=O) groups is 1. The van der Waals surface area contributed by atoms with Crippen LogP contribution in [0.3, 0.4) is 0 Å². The van der Waals surface area contributed by atoms with Gasteiger partial charge in [0.25, 0.3) is 0 Å².